The Morgan fingerprint density at radius 2 is 1.96 bits per heavy atom. The fourth-order valence-corrected chi connectivity index (χ4v) is 3.19. The van der Waals surface area contributed by atoms with Crippen molar-refractivity contribution in [3.05, 3.63) is 81.3 Å². The maximum Gasteiger partial charge on any atom is 0.271 e. The van der Waals surface area contributed by atoms with Crippen molar-refractivity contribution in [2.75, 3.05) is 12.4 Å². The summed E-state index contributed by atoms with van der Waals surface area (Å²) in [4.78, 5) is 25.1. The van der Waals surface area contributed by atoms with Crippen molar-refractivity contribution in [1.29, 1.82) is 0 Å². The molecule has 1 atom stereocenters. The molecular weight excluding hydrogens is 383 g/mol. The minimum absolute atomic E-state index is 0.126. The van der Waals surface area contributed by atoms with E-state index < -0.39 is 16.9 Å². The van der Waals surface area contributed by atoms with E-state index in [-0.39, 0.29) is 11.5 Å². The Balaban J connectivity index is 1.98. The topological polar surface area (TPSA) is 87.5 Å². The number of anilines is 1. The van der Waals surface area contributed by atoms with E-state index in [1.54, 1.807) is 37.1 Å². The average Bonchev–Trinajstić information content (AvgIpc) is 2.66. The third-order valence-electron chi connectivity index (χ3n) is 4.52. The summed E-state index contributed by atoms with van der Waals surface area (Å²) in [5.74, 6) is -0.822. The summed E-state index contributed by atoms with van der Waals surface area (Å²) >= 11 is 5.32. The second-order valence-corrected chi connectivity index (χ2v) is 6.64. The van der Waals surface area contributed by atoms with E-state index in [1.807, 2.05) is 0 Å². The number of nitro benzene ring substituents is 1. The lowest BCUT2D eigenvalue weighted by atomic mass is 9.94. The fraction of sp³-hybridized carbons (Fsp3) is 0.158. The Bertz CT molecular complexity index is 991. The lowest BCUT2D eigenvalue weighted by molar-refractivity contribution is -0.384. The van der Waals surface area contributed by atoms with E-state index in [1.165, 1.54) is 30.3 Å². The molecule has 2 aromatic rings. The molecule has 0 bridgehead atoms. The van der Waals surface area contributed by atoms with Gasteiger partial charge in [-0.05, 0) is 42.9 Å². The quantitative estimate of drug-likeness (QED) is 0.464. The summed E-state index contributed by atoms with van der Waals surface area (Å²) in [7, 11) is 1.73. The van der Waals surface area contributed by atoms with Crippen LogP contribution in [0.5, 0.6) is 0 Å². The Labute approximate surface area is 166 Å². The van der Waals surface area contributed by atoms with E-state index in [9.17, 15) is 19.3 Å². The van der Waals surface area contributed by atoms with Gasteiger partial charge in [-0.25, -0.2) is 4.39 Å². The summed E-state index contributed by atoms with van der Waals surface area (Å²) in [6.07, 6.45) is 0. The van der Waals surface area contributed by atoms with E-state index in [2.05, 4.69) is 10.6 Å². The molecule has 0 saturated carbocycles. The molecule has 2 N–H and O–H groups in total. The first-order valence-corrected chi connectivity index (χ1v) is 8.75. The predicted molar refractivity (Wildman–Crippen MR) is 107 cm³/mol. The smallest absolute Gasteiger partial charge is 0.271 e. The molecule has 1 heterocycles. The van der Waals surface area contributed by atoms with Crippen LogP contribution >= 0.6 is 12.2 Å². The predicted octanol–water partition coefficient (Wildman–Crippen LogP) is 3.51. The second kappa shape index (κ2) is 7.73. The number of allylic oxidation sites excluding steroid dienone is 1. The first kappa shape index (κ1) is 19.4. The number of rotatable bonds is 4. The molecule has 3 rings (SSSR count). The number of nitrogens with one attached hydrogen (secondary N) is 2. The van der Waals surface area contributed by atoms with Crippen LogP contribution in [-0.2, 0) is 4.79 Å². The van der Waals surface area contributed by atoms with Crippen LogP contribution in [0.25, 0.3) is 0 Å². The molecular formula is C19H17FN4O3S. The van der Waals surface area contributed by atoms with Crippen LogP contribution < -0.4 is 10.6 Å². The van der Waals surface area contributed by atoms with Gasteiger partial charge in [-0.3, -0.25) is 14.9 Å². The number of nitrogens with zero attached hydrogens (tertiary/aromatic N) is 2. The van der Waals surface area contributed by atoms with E-state index >= 15 is 0 Å². The summed E-state index contributed by atoms with van der Waals surface area (Å²) < 4.78 is 13.3. The number of amides is 1. The first-order valence-electron chi connectivity index (χ1n) is 8.34. The van der Waals surface area contributed by atoms with E-state index in [0.29, 0.717) is 27.6 Å². The summed E-state index contributed by atoms with van der Waals surface area (Å²) in [6.45, 7) is 1.76. The molecule has 0 unspecified atom stereocenters. The van der Waals surface area contributed by atoms with Crippen molar-refractivity contribution in [3.8, 4) is 0 Å². The number of hydrogen-bond acceptors (Lipinski definition) is 4. The van der Waals surface area contributed by atoms with Crippen LogP contribution in [0.15, 0.2) is 59.8 Å². The standard InChI is InChI=1S/C19H17FN4O3S/c1-11-16(18(25)21-14-4-3-5-15(10-14)24(26)27)17(22-19(28)23(11)2)12-6-8-13(20)9-7-12/h3-10,17H,1-2H3,(H,21,25)(H,22,28)/t17-/m0/s1. The minimum Gasteiger partial charge on any atom is -0.351 e. The largest absolute Gasteiger partial charge is 0.351 e. The number of benzene rings is 2. The molecule has 0 spiro atoms. The van der Waals surface area contributed by atoms with Gasteiger partial charge in [0.25, 0.3) is 11.6 Å². The number of carbonyl (C=O) groups is 1. The molecule has 0 fully saturated rings. The molecule has 144 valence electrons. The zero-order chi connectivity index (χ0) is 20.4. The minimum atomic E-state index is -0.581. The number of thiocarbonyl (C=S) groups is 1. The zero-order valence-corrected chi connectivity index (χ0v) is 15.9. The lowest BCUT2D eigenvalue weighted by Crippen LogP contribution is -2.46. The van der Waals surface area contributed by atoms with Crippen molar-refractivity contribution >= 4 is 34.6 Å². The average molecular weight is 400 g/mol. The molecule has 0 saturated heterocycles. The number of nitro groups is 1. The molecule has 1 aliphatic heterocycles. The Morgan fingerprint density at radius 1 is 1.29 bits per heavy atom. The maximum atomic E-state index is 13.3. The number of non-ortho nitro benzene ring substituents is 1. The van der Waals surface area contributed by atoms with Gasteiger partial charge in [0.2, 0.25) is 0 Å². The third kappa shape index (κ3) is 3.84. The Hall–Kier alpha value is -3.33. The number of hydrogen-bond donors (Lipinski definition) is 2. The van der Waals surface area contributed by atoms with Gasteiger partial charge in [-0.1, -0.05) is 18.2 Å². The van der Waals surface area contributed by atoms with E-state index in [0.717, 1.165) is 0 Å². The second-order valence-electron chi connectivity index (χ2n) is 6.25. The van der Waals surface area contributed by atoms with Gasteiger partial charge in [0.15, 0.2) is 5.11 Å². The van der Waals surface area contributed by atoms with Gasteiger partial charge in [0, 0.05) is 30.6 Å². The van der Waals surface area contributed by atoms with Gasteiger partial charge in [-0.15, -0.1) is 0 Å². The molecule has 0 aromatic heterocycles. The van der Waals surface area contributed by atoms with Gasteiger partial charge in [0.1, 0.15) is 5.82 Å². The van der Waals surface area contributed by atoms with Gasteiger partial charge >= 0.3 is 0 Å². The highest BCUT2D eigenvalue weighted by Crippen LogP contribution is 2.31. The molecule has 7 nitrogen and oxygen atoms in total. The van der Waals surface area contributed by atoms with Gasteiger partial charge in [-0.2, -0.15) is 0 Å². The highest BCUT2D eigenvalue weighted by atomic mass is 32.1. The Kier molecular flexibility index (Phi) is 5.36. The van der Waals surface area contributed by atoms with Crippen molar-refractivity contribution in [2.24, 2.45) is 0 Å². The molecule has 1 aliphatic rings. The van der Waals surface area contributed by atoms with Crippen LogP contribution in [0, 0.1) is 15.9 Å². The van der Waals surface area contributed by atoms with Gasteiger partial charge in [0.05, 0.1) is 16.5 Å². The zero-order valence-electron chi connectivity index (χ0n) is 15.1. The Morgan fingerprint density at radius 3 is 2.61 bits per heavy atom. The first-order chi connectivity index (χ1) is 13.3. The molecule has 2 aromatic carbocycles. The summed E-state index contributed by atoms with van der Waals surface area (Å²) in [5.41, 5.74) is 1.85. The highest BCUT2D eigenvalue weighted by Gasteiger charge is 2.32. The van der Waals surface area contributed by atoms with Crippen molar-refractivity contribution in [1.82, 2.24) is 10.2 Å². The van der Waals surface area contributed by atoms with E-state index in [4.69, 9.17) is 12.2 Å². The highest BCUT2D eigenvalue weighted by molar-refractivity contribution is 7.80. The summed E-state index contributed by atoms with van der Waals surface area (Å²) in [6, 6.07) is 10.9. The van der Waals surface area contributed by atoms with Crippen molar-refractivity contribution < 1.29 is 14.1 Å². The SMILES string of the molecule is CC1=C(C(=O)Nc2cccc([N+](=O)[O-])c2)[C@H](c2ccc(F)cc2)NC(=S)N1C. The summed E-state index contributed by atoms with van der Waals surface area (Å²) in [5, 5.41) is 17.2. The molecule has 0 aliphatic carbocycles. The van der Waals surface area contributed by atoms with Gasteiger partial charge < -0.3 is 15.5 Å². The van der Waals surface area contributed by atoms with Crippen LogP contribution in [0.4, 0.5) is 15.8 Å². The molecule has 28 heavy (non-hydrogen) atoms. The van der Waals surface area contributed by atoms with Crippen molar-refractivity contribution in [2.45, 2.75) is 13.0 Å². The van der Waals surface area contributed by atoms with Crippen LogP contribution in [0.2, 0.25) is 0 Å². The third-order valence-corrected chi connectivity index (χ3v) is 4.91. The number of carbonyl (C=O) groups excluding carboxylic acids is 1. The fourth-order valence-electron chi connectivity index (χ4n) is 2.93. The molecule has 9 heteroatoms. The monoisotopic (exact) mass is 400 g/mol. The van der Waals surface area contributed by atoms with Crippen molar-refractivity contribution in [3.63, 3.8) is 0 Å². The normalized spacial score (nSPS) is 16.6. The molecule has 1 amide bonds. The lowest BCUT2D eigenvalue weighted by Gasteiger charge is -2.35. The maximum absolute atomic E-state index is 13.3. The van der Waals surface area contributed by atoms with Crippen LogP contribution in [-0.4, -0.2) is 27.9 Å². The number of halogens is 1. The van der Waals surface area contributed by atoms with Crippen LogP contribution in [0.1, 0.15) is 18.5 Å². The molecule has 0 radical (unpaired) electrons. The van der Waals surface area contributed by atoms with Crippen LogP contribution in [0.3, 0.4) is 0 Å².